The van der Waals surface area contributed by atoms with Crippen LogP contribution in [0.25, 0.3) is 0 Å². The lowest BCUT2D eigenvalue weighted by Gasteiger charge is -2.36. The van der Waals surface area contributed by atoms with Crippen molar-refractivity contribution in [1.82, 2.24) is 9.62 Å². The Hall–Kier alpha value is -1.18. The first kappa shape index (κ1) is 21.5. The number of rotatable bonds is 4. The maximum absolute atomic E-state index is 13.3. The lowest BCUT2D eigenvalue weighted by molar-refractivity contribution is -0.127. The lowest BCUT2D eigenvalue weighted by atomic mass is 9.78. The Bertz CT molecular complexity index is 825. The van der Waals surface area contributed by atoms with E-state index in [1.165, 1.54) is 16.8 Å². The number of piperidine rings is 1. The van der Waals surface area contributed by atoms with Crippen molar-refractivity contribution in [1.29, 1.82) is 0 Å². The van der Waals surface area contributed by atoms with Gasteiger partial charge in [-0.25, -0.2) is 12.8 Å². The molecule has 1 aromatic rings. The van der Waals surface area contributed by atoms with Crippen LogP contribution in [0.15, 0.2) is 23.1 Å². The van der Waals surface area contributed by atoms with Crippen LogP contribution >= 0.6 is 11.6 Å². The first-order valence-electron chi connectivity index (χ1n) is 9.95. The molecule has 0 unspecified atom stereocenters. The van der Waals surface area contributed by atoms with E-state index < -0.39 is 15.8 Å². The van der Waals surface area contributed by atoms with Gasteiger partial charge in [0.15, 0.2) is 0 Å². The first-order chi connectivity index (χ1) is 13.2. The number of amides is 1. The van der Waals surface area contributed by atoms with Gasteiger partial charge in [-0.05, 0) is 49.3 Å². The van der Waals surface area contributed by atoms with E-state index in [1.807, 2.05) is 0 Å². The van der Waals surface area contributed by atoms with Crippen LogP contribution in [0.4, 0.5) is 4.39 Å². The van der Waals surface area contributed by atoms with Crippen LogP contribution in [0.2, 0.25) is 5.02 Å². The third-order valence-corrected chi connectivity index (χ3v) is 8.57. The topological polar surface area (TPSA) is 66.5 Å². The summed E-state index contributed by atoms with van der Waals surface area (Å²) >= 11 is 5.73. The Balaban J connectivity index is 1.59. The molecule has 1 saturated heterocycles. The molecule has 2 aliphatic rings. The average molecular weight is 431 g/mol. The molecule has 1 aliphatic heterocycles. The van der Waals surface area contributed by atoms with Crippen LogP contribution in [0, 0.1) is 23.6 Å². The Labute approximate surface area is 171 Å². The maximum atomic E-state index is 13.3. The summed E-state index contributed by atoms with van der Waals surface area (Å²) in [7, 11) is -3.74. The summed E-state index contributed by atoms with van der Waals surface area (Å²) in [6.07, 6.45) is 4.31. The van der Waals surface area contributed by atoms with Gasteiger partial charge in [-0.3, -0.25) is 4.79 Å². The summed E-state index contributed by atoms with van der Waals surface area (Å²) in [5.74, 6) is 0.276. The molecule has 156 valence electrons. The molecule has 2 fully saturated rings. The van der Waals surface area contributed by atoms with Crippen LogP contribution in [0.3, 0.4) is 0 Å². The monoisotopic (exact) mass is 430 g/mol. The van der Waals surface area contributed by atoms with E-state index in [0.29, 0.717) is 24.7 Å². The quantitative estimate of drug-likeness (QED) is 0.789. The predicted molar refractivity (Wildman–Crippen MR) is 107 cm³/mol. The zero-order valence-corrected chi connectivity index (χ0v) is 17.9. The second kappa shape index (κ2) is 8.67. The van der Waals surface area contributed by atoms with Crippen molar-refractivity contribution in [3.05, 3.63) is 29.0 Å². The molecule has 8 heteroatoms. The molecule has 3 atom stereocenters. The van der Waals surface area contributed by atoms with Crippen LogP contribution in [-0.2, 0) is 14.8 Å². The highest BCUT2D eigenvalue weighted by atomic mass is 35.5. The van der Waals surface area contributed by atoms with Gasteiger partial charge in [-0.2, -0.15) is 4.31 Å². The smallest absolute Gasteiger partial charge is 0.243 e. The van der Waals surface area contributed by atoms with Crippen molar-refractivity contribution in [2.24, 2.45) is 17.8 Å². The highest BCUT2D eigenvalue weighted by Gasteiger charge is 2.34. The molecule has 28 heavy (non-hydrogen) atoms. The zero-order valence-electron chi connectivity index (χ0n) is 16.3. The van der Waals surface area contributed by atoms with E-state index >= 15 is 0 Å². The Kier molecular flexibility index (Phi) is 6.67. The van der Waals surface area contributed by atoms with E-state index in [4.69, 9.17) is 11.6 Å². The number of nitrogens with zero attached hydrogens (tertiary/aromatic N) is 1. The molecule has 3 rings (SSSR count). The minimum absolute atomic E-state index is 0.0215. The highest BCUT2D eigenvalue weighted by Crippen LogP contribution is 2.31. The van der Waals surface area contributed by atoms with E-state index in [2.05, 4.69) is 19.2 Å². The van der Waals surface area contributed by atoms with Gasteiger partial charge < -0.3 is 5.32 Å². The lowest BCUT2D eigenvalue weighted by Crippen LogP contribution is -2.48. The third-order valence-electron chi connectivity index (χ3n) is 6.39. The van der Waals surface area contributed by atoms with E-state index in [-0.39, 0.29) is 40.9 Å². The van der Waals surface area contributed by atoms with E-state index in [1.54, 1.807) is 0 Å². The summed E-state index contributed by atoms with van der Waals surface area (Å²) in [4.78, 5) is 12.7. The van der Waals surface area contributed by atoms with Crippen molar-refractivity contribution < 1.29 is 17.6 Å². The molecular weight excluding hydrogens is 403 g/mol. The van der Waals surface area contributed by atoms with Gasteiger partial charge in [0, 0.05) is 25.0 Å². The summed E-state index contributed by atoms with van der Waals surface area (Å²) in [6.45, 7) is 4.96. The number of benzene rings is 1. The fourth-order valence-electron chi connectivity index (χ4n) is 4.23. The Morgan fingerprint density at radius 2 is 1.86 bits per heavy atom. The standard InChI is InChI=1S/C20H28ClFN2O3S/c1-13-4-3-5-19(14(13)2)23-20(25)15-8-10-24(11-9-15)28(26,27)16-6-7-18(22)17(21)12-16/h6-7,12-15,19H,3-5,8-11H2,1-2H3,(H,23,25)/t13-,14+,19-/m1/s1. The van der Waals surface area contributed by atoms with Gasteiger partial charge in [0.25, 0.3) is 0 Å². The molecule has 1 heterocycles. The van der Waals surface area contributed by atoms with Crippen molar-refractivity contribution in [3.8, 4) is 0 Å². The van der Waals surface area contributed by atoms with Gasteiger partial charge in [-0.1, -0.05) is 38.3 Å². The zero-order chi connectivity index (χ0) is 20.5. The Morgan fingerprint density at radius 3 is 2.50 bits per heavy atom. The van der Waals surface area contributed by atoms with E-state index in [0.717, 1.165) is 25.0 Å². The average Bonchev–Trinajstić information content (AvgIpc) is 2.67. The SMILES string of the molecule is C[C@H]1[C@H](C)CCC[C@H]1NC(=O)C1CCN(S(=O)(=O)c2ccc(F)c(Cl)c2)CC1. The normalized spacial score (nSPS) is 27.5. The molecule has 1 aliphatic carbocycles. The molecule has 5 nitrogen and oxygen atoms in total. The van der Waals surface area contributed by atoms with Crippen molar-refractivity contribution >= 4 is 27.5 Å². The van der Waals surface area contributed by atoms with Gasteiger partial charge in [-0.15, -0.1) is 0 Å². The predicted octanol–water partition coefficient (Wildman–Crippen LogP) is 3.82. The molecule has 1 saturated carbocycles. The second-order valence-electron chi connectivity index (χ2n) is 8.14. The fourth-order valence-corrected chi connectivity index (χ4v) is 5.97. The number of nitrogens with one attached hydrogen (secondary N) is 1. The molecule has 1 aromatic carbocycles. The second-order valence-corrected chi connectivity index (χ2v) is 10.5. The molecule has 0 spiro atoms. The molecular formula is C20H28ClFN2O3S. The number of halogens is 2. The maximum Gasteiger partial charge on any atom is 0.243 e. The van der Waals surface area contributed by atoms with Crippen molar-refractivity contribution in [2.45, 2.75) is 56.9 Å². The third kappa shape index (κ3) is 4.52. The summed E-state index contributed by atoms with van der Waals surface area (Å²) in [6, 6.07) is 3.62. The van der Waals surface area contributed by atoms with Crippen molar-refractivity contribution in [2.75, 3.05) is 13.1 Å². The van der Waals surface area contributed by atoms with Gasteiger partial charge in [0.2, 0.25) is 15.9 Å². The van der Waals surface area contributed by atoms with Crippen LogP contribution in [0.1, 0.15) is 46.0 Å². The molecule has 0 aromatic heterocycles. The van der Waals surface area contributed by atoms with Crippen LogP contribution in [-0.4, -0.2) is 37.8 Å². The molecule has 1 N–H and O–H groups in total. The van der Waals surface area contributed by atoms with Crippen LogP contribution in [0.5, 0.6) is 0 Å². The summed E-state index contributed by atoms with van der Waals surface area (Å²) in [5.41, 5.74) is 0. The highest BCUT2D eigenvalue weighted by molar-refractivity contribution is 7.89. The summed E-state index contributed by atoms with van der Waals surface area (Å²) < 4.78 is 40.2. The van der Waals surface area contributed by atoms with E-state index in [9.17, 15) is 17.6 Å². The molecule has 0 radical (unpaired) electrons. The number of hydrogen-bond acceptors (Lipinski definition) is 3. The number of carbonyl (C=O) groups is 1. The fraction of sp³-hybridized carbons (Fsp3) is 0.650. The molecule has 0 bridgehead atoms. The number of carbonyl (C=O) groups excluding carboxylic acids is 1. The Morgan fingerprint density at radius 1 is 1.18 bits per heavy atom. The summed E-state index contributed by atoms with van der Waals surface area (Å²) in [5, 5.41) is 2.99. The van der Waals surface area contributed by atoms with Crippen LogP contribution < -0.4 is 5.32 Å². The molecule has 1 amide bonds. The van der Waals surface area contributed by atoms with Gasteiger partial charge >= 0.3 is 0 Å². The number of sulfonamides is 1. The number of hydrogen-bond donors (Lipinski definition) is 1. The minimum Gasteiger partial charge on any atom is -0.353 e. The largest absolute Gasteiger partial charge is 0.353 e. The minimum atomic E-state index is -3.74. The van der Waals surface area contributed by atoms with Gasteiger partial charge in [0.05, 0.1) is 9.92 Å². The first-order valence-corrected chi connectivity index (χ1v) is 11.8. The van der Waals surface area contributed by atoms with Gasteiger partial charge in [0.1, 0.15) is 5.82 Å². The van der Waals surface area contributed by atoms with Crippen molar-refractivity contribution in [3.63, 3.8) is 0 Å².